The molecule has 2 atom stereocenters. The molecule has 5 nitrogen and oxygen atoms in total. The van der Waals surface area contributed by atoms with Crippen LogP contribution in [0.1, 0.15) is 40.5 Å². The average Bonchev–Trinajstić information content (AvgIpc) is 3.07. The van der Waals surface area contributed by atoms with Crippen molar-refractivity contribution < 1.29 is 13.9 Å². The van der Waals surface area contributed by atoms with E-state index in [0.29, 0.717) is 12.3 Å². The highest BCUT2D eigenvalue weighted by Crippen LogP contribution is 2.27. The predicted molar refractivity (Wildman–Crippen MR) is 87.4 cm³/mol. The molecule has 0 radical (unpaired) electrons. The minimum atomic E-state index is -0.471. The Kier molecular flexibility index (Phi) is 4.76. The van der Waals surface area contributed by atoms with Crippen LogP contribution in [-0.4, -0.2) is 23.6 Å². The van der Waals surface area contributed by atoms with Gasteiger partial charge in [-0.05, 0) is 49.6 Å². The third kappa shape index (κ3) is 3.54. The number of halogens is 1. The molecular formula is C18H19FN2O3. The van der Waals surface area contributed by atoms with E-state index in [1.807, 2.05) is 0 Å². The first-order chi connectivity index (χ1) is 11.5. The van der Waals surface area contributed by atoms with Crippen LogP contribution >= 0.6 is 0 Å². The molecule has 2 N–H and O–H groups in total. The van der Waals surface area contributed by atoms with Crippen LogP contribution < -0.4 is 10.9 Å². The molecule has 0 spiro atoms. The van der Waals surface area contributed by atoms with Gasteiger partial charge in [0.25, 0.3) is 11.5 Å². The zero-order valence-corrected chi connectivity index (χ0v) is 13.3. The number of nitrogens with one attached hydrogen (secondary N) is 2. The molecule has 3 rings (SSSR count). The van der Waals surface area contributed by atoms with E-state index < -0.39 is 17.5 Å². The molecule has 2 heterocycles. The highest BCUT2D eigenvalue weighted by atomic mass is 19.1. The Morgan fingerprint density at radius 3 is 2.67 bits per heavy atom. The molecule has 6 heteroatoms. The van der Waals surface area contributed by atoms with Gasteiger partial charge in [0.2, 0.25) is 0 Å². The molecule has 126 valence electrons. The first-order valence-electron chi connectivity index (χ1n) is 7.92. The second kappa shape index (κ2) is 6.97. The number of hydrogen-bond acceptors (Lipinski definition) is 3. The standard InChI is InChI=1S/C18H19FN2O3/c1-11-4-9-14(17(22)20-11)18(23)21-16(15-3-2-10-24-15)12-5-7-13(19)8-6-12/h4-9,15-16H,2-3,10H2,1H3,(H,20,22)(H,21,23). The van der Waals surface area contributed by atoms with Crippen molar-refractivity contribution >= 4 is 5.91 Å². The van der Waals surface area contributed by atoms with Gasteiger partial charge in [-0.25, -0.2) is 4.39 Å². The molecule has 0 aliphatic carbocycles. The summed E-state index contributed by atoms with van der Waals surface area (Å²) in [5.41, 5.74) is 1.05. The van der Waals surface area contributed by atoms with Crippen LogP contribution in [0.4, 0.5) is 4.39 Å². The molecule has 2 aromatic rings. The number of aryl methyl sites for hydroxylation is 1. The maximum atomic E-state index is 13.2. The van der Waals surface area contributed by atoms with Gasteiger partial charge in [0.15, 0.2) is 0 Å². The number of H-pyrrole nitrogens is 1. The lowest BCUT2D eigenvalue weighted by molar-refractivity contribution is 0.0671. The van der Waals surface area contributed by atoms with Crippen molar-refractivity contribution in [3.8, 4) is 0 Å². The Bertz CT molecular complexity index is 780. The number of aromatic nitrogens is 1. The molecule has 0 bridgehead atoms. The molecule has 1 aromatic carbocycles. The van der Waals surface area contributed by atoms with Gasteiger partial charge in [-0.1, -0.05) is 12.1 Å². The van der Waals surface area contributed by atoms with Crippen molar-refractivity contribution in [2.45, 2.75) is 31.9 Å². The fourth-order valence-electron chi connectivity index (χ4n) is 2.90. The molecule has 1 aliphatic heterocycles. The lowest BCUT2D eigenvalue weighted by atomic mass is 9.98. The molecule has 1 fully saturated rings. The van der Waals surface area contributed by atoms with Crippen LogP contribution in [0.2, 0.25) is 0 Å². The van der Waals surface area contributed by atoms with Gasteiger partial charge in [-0.2, -0.15) is 0 Å². The average molecular weight is 330 g/mol. The Balaban J connectivity index is 1.87. The molecule has 1 amide bonds. The number of pyridine rings is 1. The van der Waals surface area contributed by atoms with Crippen LogP contribution in [0, 0.1) is 12.7 Å². The van der Waals surface area contributed by atoms with Gasteiger partial charge in [0.1, 0.15) is 11.4 Å². The Morgan fingerprint density at radius 1 is 1.29 bits per heavy atom. The van der Waals surface area contributed by atoms with Crippen LogP contribution in [0.25, 0.3) is 0 Å². The second-order valence-corrected chi connectivity index (χ2v) is 5.94. The first kappa shape index (κ1) is 16.4. The number of rotatable bonds is 4. The van der Waals surface area contributed by atoms with Crippen LogP contribution in [0.5, 0.6) is 0 Å². The molecule has 1 aliphatic rings. The third-order valence-corrected chi connectivity index (χ3v) is 4.15. The summed E-state index contributed by atoms with van der Waals surface area (Å²) in [5.74, 6) is -0.813. The predicted octanol–water partition coefficient (Wildman–Crippen LogP) is 2.47. The fourth-order valence-corrected chi connectivity index (χ4v) is 2.90. The van der Waals surface area contributed by atoms with E-state index in [1.54, 1.807) is 25.1 Å². The first-order valence-corrected chi connectivity index (χ1v) is 7.92. The van der Waals surface area contributed by atoms with Crippen LogP contribution in [0.3, 0.4) is 0 Å². The van der Waals surface area contributed by atoms with E-state index in [1.165, 1.54) is 18.2 Å². The van der Waals surface area contributed by atoms with E-state index in [4.69, 9.17) is 4.74 Å². The minimum Gasteiger partial charge on any atom is -0.376 e. The smallest absolute Gasteiger partial charge is 0.260 e. The van der Waals surface area contributed by atoms with Crippen molar-refractivity contribution in [1.82, 2.24) is 10.3 Å². The quantitative estimate of drug-likeness (QED) is 0.905. The summed E-state index contributed by atoms with van der Waals surface area (Å²) in [6.45, 7) is 2.38. The molecule has 1 aromatic heterocycles. The summed E-state index contributed by atoms with van der Waals surface area (Å²) < 4.78 is 18.9. The van der Waals surface area contributed by atoms with Gasteiger partial charge in [-0.3, -0.25) is 9.59 Å². The highest BCUT2D eigenvalue weighted by Gasteiger charge is 2.29. The van der Waals surface area contributed by atoms with Gasteiger partial charge < -0.3 is 15.0 Å². The number of carbonyl (C=O) groups is 1. The third-order valence-electron chi connectivity index (χ3n) is 4.15. The van der Waals surface area contributed by atoms with Crippen molar-refractivity contribution in [3.63, 3.8) is 0 Å². The highest BCUT2D eigenvalue weighted by molar-refractivity contribution is 5.94. The number of hydrogen-bond donors (Lipinski definition) is 2. The number of carbonyl (C=O) groups excluding carboxylic acids is 1. The van der Waals surface area contributed by atoms with Crippen molar-refractivity contribution in [3.05, 3.63) is 69.4 Å². The lowest BCUT2D eigenvalue weighted by Crippen LogP contribution is -2.38. The lowest BCUT2D eigenvalue weighted by Gasteiger charge is -2.24. The summed E-state index contributed by atoms with van der Waals surface area (Å²) in [5, 5.41) is 2.86. The molecule has 1 saturated heterocycles. The van der Waals surface area contributed by atoms with Crippen LogP contribution in [-0.2, 0) is 4.74 Å². The van der Waals surface area contributed by atoms with Crippen molar-refractivity contribution in [1.29, 1.82) is 0 Å². The SMILES string of the molecule is Cc1ccc(C(=O)NC(c2ccc(F)cc2)C2CCCO2)c(=O)[nH]1. The fraction of sp³-hybridized carbons (Fsp3) is 0.333. The van der Waals surface area contributed by atoms with E-state index in [-0.39, 0.29) is 17.5 Å². The van der Waals surface area contributed by atoms with E-state index >= 15 is 0 Å². The van der Waals surface area contributed by atoms with Crippen molar-refractivity contribution in [2.24, 2.45) is 0 Å². The maximum Gasteiger partial charge on any atom is 0.260 e. The molecule has 2 unspecified atom stereocenters. The Morgan fingerprint density at radius 2 is 2.04 bits per heavy atom. The summed E-state index contributed by atoms with van der Waals surface area (Å²) >= 11 is 0. The molecule has 0 saturated carbocycles. The molecular weight excluding hydrogens is 311 g/mol. The van der Waals surface area contributed by atoms with Gasteiger partial charge in [0.05, 0.1) is 12.1 Å². The number of amides is 1. The number of ether oxygens (including phenoxy) is 1. The largest absolute Gasteiger partial charge is 0.376 e. The van der Waals surface area contributed by atoms with E-state index in [0.717, 1.165) is 18.4 Å². The van der Waals surface area contributed by atoms with Gasteiger partial charge >= 0.3 is 0 Å². The minimum absolute atomic E-state index is 0.0470. The monoisotopic (exact) mass is 330 g/mol. The number of benzene rings is 1. The van der Waals surface area contributed by atoms with Gasteiger partial charge in [-0.15, -0.1) is 0 Å². The van der Waals surface area contributed by atoms with E-state index in [2.05, 4.69) is 10.3 Å². The van der Waals surface area contributed by atoms with Crippen molar-refractivity contribution in [2.75, 3.05) is 6.61 Å². The zero-order chi connectivity index (χ0) is 17.1. The summed E-state index contributed by atoms with van der Waals surface area (Å²) in [7, 11) is 0. The topological polar surface area (TPSA) is 71.2 Å². The maximum absolute atomic E-state index is 13.2. The summed E-state index contributed by atoms with van der Waals surface area (Å²) in [4.78, 5) is 27.1. The summed E-state index contributed by atoms with van der Waals surface area (Å²) in [6, 6.07) is 8.70. The Hall–Kier alpha value is -2.47. The zero-order valence-electron chi connectivity index (χ0n) is 13.3. The normalized spacial score (nSPS) is 18.3. The van der Waals surface area contributed by atoms with Crippen LogP contribution in [0.15, 0.2) is 41.2 Å². The second-order valence-electron chi connectivity index (χ2n) is 5.94. The molecule has 24 heavy (non-hydrogen) atoms. The Labute approximate surface area is 138 Å². The number of aromatic amines is 1. The van der Waals surface area contributed by atoms with Gasteiger partial charge in [0, 0.05) is 12.3 Å². The summed E-state index contributed by atoms with van der Waals surface area (Å²) in [6.07, 6.45) is 1.51. The van der Waals surface area contributed by atoms with E-state index in [9.17, 15) is 14.0 Å².